The van der Waals surface area contributed by atoms with Crippen LogP contribution in [0.1, 0.15) is 53.8 Å². The molecule has 0 spiro atoms. The summed E-state index contributed by atoms with van der Waals surface area (Å²) in [4.78, 5) is 46.1. The Hall–Kier alpha value is -5.27. The Morgan fingerprint density at radius 3 is 2.17 bits per heavy atom. The Bertz CT molecular complexity index is 1580. The van der Waals surface area contributed by atoms with Crippen molar-refractivity contribution in [2.24, 2.45) is 11.0 Å². The summed E-state index contributed by atoms with van der Waals surface area (Å²) in [7, 11) is 0. The molecule has 0 saturated heterocycles. The number of benzene rings is 2. The summed E-state index contributed by atoms with van der Waals surface area (Å²) in [6.45, 7) is 2.06. The van der Waals surface area contributed by atoms with Crippen LogP contribution in [0, 0.1) is 36.3 Å². The predicted octanol–water partition coefficient (Wildman–Crippen LogP) is 5.06. The third-order valence-electron chi connectivity index (χ3n) is 7.07. The van der Waals surface area contributed by atoms with Crippen molar-refractivity contribution in [3.05, 3.63) is 107 Å². The number of non-ortho nitro benzene ring substituents is 2. The van der Waals surface area contributed by atoms with E-state index in [0.717, 1.165) is 17.6 Å². The topological polar surface area (TPSA) is 180 Å². The fraction of sp³-hybridized carbons (Fsp3) is 0.269. The number of carbonyl (C=O) groups excluding carboxylic acids is 1. The zero-order valence-electron chi connectivity index (χ0n) is 21.2. The maximum Gasteiger partial charge on any atom is 0.320 e. The molecule has 1 amide bonds. The number of aryl methyl sites for hydroxylation is 1. The fourth-order valence-electron chi connectivity index (χ4n) is 5.16. The highest BCUT2D eigenvalue weighted by Crippen LogP contribution is 2.45. The van der Waals surface area contributed by atoms with Gasteiger partial charge in [0.25, 0.3) is 11.4 Å². The molecule has 0 N–H and O–H groups in total. The first kappa shape index (κ1) is 26.3. The zero-order valence-corrected chi connectivity index (χ0v) is 21.2. The zero-order chi connectivity index (χ0) is 28.6. The highest BCUT2D eigenvalue weighted by atomic mass is 16.6. The van der Waals surface area contributed by atoms with Gasteiger partial charge in [0.1, 0.15) is 6.20 Å². The van der Waals surface area contributed by atoms with E-state index in [1.165, 1.54) is 40.2 Å². The van der Waals surface area contributed by atoms with E-state index in [0.29, 0.717) is 30.7 Å². The molecule has 14 nitrogen and oxygen atoms in total. The molecule has 1 saturated carbocycles. The van der Waals surface area contributed by atoms with Crippen molar-refractivity contribution in [1.29, 1.82) is 0 Å². The number of nitrogens with zero attached hydrogens (tertiary/aromatic N) is 7. The summed E-state index contributed by atoms with van der Waals surface area (Å²) in [5, 5.41) is 44.0. The number of allylic oxidation sites excluding steroid dienone is 1. The molecule has 5 rings (SSSR count). The highest BCUT2D eigenvalue weighted by Gasteiger charge is 2.46. The van der Waals surface area contributed by atoms with Crippen molar-refractivity contribution >= 4 is 34.8 Å². The SMILES string of the molecule is CCn1cc([N+](=O)[O-])c(C(=O)N2N=C3/C(=C/c4ccc([N+](=O)[O-])cc4)CCC[C@H]3[C@H]2c2ccc([N+](=O)[O-])cc2)n1. The second-order valence-electron chi connectivity index (χ2n) is 9.42. The van der Waals surface area contributed by atoms with Gasteiger partial charge in [-0.2, -0.15) is 10.2 Å². The van der Waals surface area contributed by atoms with Gasteiger partial charge in [-0.15, -0.1) is 0 Å². The maximum atomic E-state index is 13.8. The molecule has 0 radical (unpaired) electrons. The largest absolute Gasteiger partial charge is 0.320 e. The van der Waals surface area contributed by atoms with Crippen molar-refractivity contribution in [1.82, 2.24) is 14.8 Å². The monoisotopic (exact) mass is 545 g/mol. The first-order valence-corrected chi connectivity index (χ1v) is 12.5. The minimum Gasteiger partial charge on any atom is -0.265 e. The van der Waals surface area contributed by atoms with Crippen LogP contribution in [-0.4, -0.2) is 41.2 Å². The van der Waals surface area contributed by atoms with E-state index in [-0.39, 0.29) is 23.0 Å². The van der Waals surface area contributed by atoms with Crippen LogP contribution in [0.5, 0.6) is 0 Å². The summed E-state index contributed by atoms with van der Waals surface area (Å²) >= 11 is 0. The summed E-state index contributed by atoms with van der Waals surface area (Å²) in [6.07, 6.45) is 5.13. The molecule has 1 aromatic heterocycles. The van der Waals surface area contributed by atoms with Crippen LogP contribution in [-0.2, 0) is 6.54 Å². The molecule has 0 bridgehead atoms. The van der Waals surface area contributed by atoms with E-state index in [1.54, 1.807) is 31.2 Å². The lowest BCUT2D eigenvalue weighted by molar-refractivity contribution is -0.385. The Morgan fingerprint density at radius 1 is 0.975 bits per heavy atom. The minimum atomic E-state index is -0.751. The molecule has 0 unspecified atom stereocenters. The van der Waals surface area contributed by atoms with Crippen molar-refractivity contribution in [3.63, 3.8) is 0 Å². The van der Waals surface area contributed by atoms with E-state index < -0.39 is 32.4 Å². The molecule has 2 atom stereocenters. The third-order valence-corrected chi connectivity index (χ3v) is 7.07. The van der Waals surface area contributed by atoms with Crippen molar-refractivity contribution in [3.8, 4) is 0 Å². The molecule has 1 aliphatic carbocycles. The van der Waals surface area contributed by atoms with Gasteiger partial charge in [-0.3, -0.25) is 39.8 Å². The number of amides is 1. The quantitative estimate of drug-likeness (QED) is 0.291. The summed E-state index contributed by atoms with van der Waals surface area (Å²) in [6, 6.07) is 11.2. The number of nitro groups is 3. The molecule has 2 heterocycles. The number of carbonyl (C=O) groups is 1. The Morgan fingerprint density at radius 2 is 1.60 bits per heavy atom. The number of fused-ring (bicyclic) bond motifs is 1. The molecule has 204 valence electrons. The number of rotatable bonds is 7. The van der Waals surface area contributed by atoms with Gasteiger partial charge in [0.05, 0.1) is 26.5 Å². The number of hydrazone groups is 1. The Balaban J connectivity index is 1.59. The van der Waals surface area contributed by atoms with E-state index in [2.05, 4.69) is 10.2 Å². The standard InChI is InChI=1S/C26H23N7O7/c1-2-29-15-22(33(39)40)24(27-29)26(34)30-25(17-8-12-20(13-9-17)32(37)38)21-5-3-4-18(23(21)28-30)14-16-6-10-19(11-7-16)31(35)36/h6-15,21,25H,2-5H2,1H3/b18-14+/t21-,25-/m1/s1. The molecule has 2 aromatic carbocycles. The van der Waals surface area contributed by atoms with Gasteiger partial charge in [0, 0.05) is 36.7 Å². The van der Waals surface area contributed by atoms with Gasteiger partial charge < -0.3 is 0 Å². The van der Waals surface area contributed by atoms with Gasteiger partial charge in [-0.1, -0.05) is 12.1 Å². The molecule has 3 aromatic rings. The summed E-state index contributed by atoms with van der Waals surface area (Å²) < 4.78 is 1.31. The van der Waals surface area contributed by atoms with E-state index in [9.17, 15) is 35.1 Å². The van der Waals surface area contributed by atoms with Crippen LogP contribution >= 0.6 is 0 Å². The van der Waals surface area contributed by atoms with Crippen LogP contribution in [0.3, 0.4) is 0 Å². The van der Waals surface area contributed by atoms with Crippen molar-refractivity contribution in [2.75, 3.05) is 0 Å². The van der Waals surface area contributed by atoms with E-state index in [1.807, 2.05) is 6.08 Å². The average Bonchev–Trinajstić information content (AvgIpc) is 3.56. The third kappa shape index (κ3) is 4.81. The average molecular weight is 546 g/mol. The first-order chi connectivity index (χ1) is 19.2. The van der Waals surface area contributed by atoms with Gasteiger partial charge in [-0.25, -0.2) is 5.01 Å². The lowest BCUT2D eigenvalue weighted by Crippen LogP contribution is -2.32. The predicted molar refractivity (Wildman–Crippen MR) is 142 cm³/mol. The van der Waals surface area contributed by atoms with Crippen LogP contribution < -0.4 is 0 Å². The Labute approximate surface area is 226 Å². The molecule has 40 heavy (non-hydrogen) atoms. The summed E-state index contributed by atoms with van der Waals surface area (Å²) in [5.74, 6) is -1.03. The van der Waals surface area contributed by atoms with Gasteiger partial charge >= 0.3 is 11.6 Å². The molecule has 1 fully saturated rings. The van der Waals surface area contributed by atoms with Crippen molar-refractivity contribution < 1.29 is 19.6 Å². The van der Waals surface area contributed by atoms with Crippen molar-refractivity contribution in [2.45, 2.75) is 38.8 Å². The van der Waals surface area contributed by atoms with Gasteiger partial charge in [0.15, 0.2) is 0 Å². The van der Waals surface area contributed by atoms with E-state index >= 15 is 0 Å². The van der Waals surface area contributed by atoms with Crippen LogP contribution in [0.4, 0.5) is 17.1 Å². The molecule has 14 heteroatoms. The number of aromatic nitrogens is 2. The molecular weight excluding hydrogens is 522 g/mol. The lowest BCUT2D eigenvalue weighted by Gasteiger charge is -2.29. The maximum absolute atomic E-state index is 13.8. The minimum absolute atomic E-state index is 0.0370. The molecule has 1 aliphatic heterocycles. The second kappa shape index (κ2) is 10.5. The Kier molecular flexibility index (Phi) is 6.90. The lowest BCUT2D eigenvalue weighted by atomic mass is 9.77. The first-order valence-electron chi connectivity index (χ1n) is 12.5. The number of hydrogen-bond donors (Lipinski definition) is 0. The fourth-order valence-corrected chi connectivity index (χ4v) is 5.16. The van der Waals surface area contributed by atoms with Crippen LogP contribution in [0.2, 0.25) is 0 Å². The van der Waals surface area contributed by atoms with Gasteiger partial charge in [0.2, 0.25) is 5.69 Å². The van der Waals surface area contributed by atoms with Crippen LogP contribution in [0.25, 0.3) is 6.08 Å². The van der Waals surface area contributed by atoms with Gasteiger partial charge in [-0.05, 0) is 61.1 Å². The number of nitro benzene ring substituents is 2. The second-order valence-corrected chi connectivity index (χ2v) is 9.42. The normalized spacial score (nSPS) is 19.3. The summed E-state index contributed by atoms with van der Waals surface area (Å²) in [5.41, 5.74) is 1.84. The van der Waals surface area contributed by atoms with Crippen LogP contribution in [0.15, 0.2) is 65.4 Å². The smallest absolute Gasteiger partial charge is 0.265 e. The highest BCUT2D eigenvalue weighted by molar-refractivity contribution is 6.09. The molecular formula is C26H23N7O7. The van der Waals surface area contributed by atoms with E-state index in [4.69, 9.17) is 0 Å². The molecule has 2 aliphatic rings. The number of hydrogen-bond acceptors (Lipinski definition) is 9.